The van der Waals surface area contributed by atoms with Crippen molar-refractivity contribution in [1.29, 1.82) is 0 Å². The zero-order valence-electron chi connectivity index (χ0n) is 11.9. The molecule has 0 amide bonds. The van der Waals surface area contributed by atoms with Crippen LogP contribution in [0.5, 0.6) is 5.75 Å². The van der Waals surface area contributed by atoms with Gasteiger partial charge in [-0.2, -0.15) is 0 Å². The SMILES string of the molecule is CCOC(=O)c1cc(OCC)cc2c1CCN2CC. The van der Waals surface area contributed by atoms with Crippen molar-refractivity contribution in [3.63, 3.8) is 0 Å². The van der Waals surface area contributed by atoms with Crippen LogP contribution in [0.15, 0.2) is 12.1 Å². The average molecular weight is 263 g/mol. The third-order valence-corrected chi connectivity index (χ3v) is 3.36. The predicted octanol–water partition coefficient (Wildman–Crippen LogP) is 2.64. The van der Waals surface area contributed by atoms with Crippen LogP contribution in [-0.4, -0.2) is 32.3 Å². The highest BCUT2D eigenvalue weighted by atomic mass is 16.5. The van der Waals surface area contributed by atoms with E-state index in [1.165, 1.54) is 0 Å². The first-order valence-electron chi connectivity index (χ1n) is 6.93. The second-order valence-corrected chi connectivity index (χ2v) is 4.45. The molecular formula is C15H21NO3. The first-order valence-corrected chi connectivity index (χ1v) is 6.93. The fourth-order valence-electron chi connectivity index (χ4n) is 2.51. The molecule has 1 aromatic rings. The lowest BCUT2D eigenvalue weighted by molar-refractivity contribution is 0.0525. The van der Waals surface area contributed by atoms with E-state index < -0.39 is 0 Å². The molecule has 1 aromatic carbocycles. The summed E-state index contributed by atoms with van der Waals surface area (Å²) in [5.74, 6) is 0.489. The Labute approximate surface area is 114 Å². The molecule has 0 spiro atoms. The van der Waals surface area contributed by atoms with Crippen molar-refractivity contribution in [3.05, 3.63) is 23.3 Å². The minimum Gasteiger partial charge on any atom is -0.494 e. The molecule has 0 bridgehead atoms. The van der Waals surface area contributed by atoms with E-state index in [4.69, 9.17) is 9.47 Å². The quantitative estimate of drug-likeness (QED) is 0.766. The Morgan fingerprint density at radius 2 is 2.05 bits per heavy atom. The van der Waals surface area contributed by atoms with Crippen molar-refractivity contribution < 1.29 is 14.3 Å². The number of fused-ring (bicyclic) bond motifs is 1. The molecule has 0 aromatic heterocycles. The van der Waals surface area contributed by atoms with Gasteiger partial charge in [-0.1, -0.05) is 0 Å². The minimum absolute atomic E-state index is 0.252. The Kier molecular flexibility index (Phi) is 4.30. The summed E-state index contributed by atoms with van der Waals surface area (Å²) in [6.45, 7) is 8.75. The summed E-state index contributed by atoms with van der Waals surface area (Å²) in [6.07, 6.45) is 0.893. The second-order valence-electron chi connectivity index (χ2n) is 4.45. The molecule has 2 rings (SSSR count). The van der Waals surface area contributed by atoms with E-state index in [2.05, 4.69) is 11.8 Å². The van der Waals surface area contributed by atoms with Gasteiger partial charge in [-0.3, -0.25) is 0 Å². The van der Waals surface area contributed by atoms with Gasteiger partial charge in [0.25, 0.3) is 0 Å². The highest BCUT2D eigenvalue weighted by Gasteiger charge is 2.25. The van der Waals surface area contributed by atoms with Gasteiger partial charge in [0.15, 0.2) is 0 Å². The van der Waals surface area contributed by atoms with Crippen molar-refractivity contribution in [1.82, 2.24) is 0 Å². The number of nitrogens with zero attached hydrogens (tertiary/aromatic N) is 1. The number of carbonyl (C=O) groups is 1. The predicted molar refractivity (Wildman–Crippen MR) is 75.2 cm³/mol. The first-order chi connectivity index (χ1) is 9.21. The summed E-state index contributed by atoms with van der Waals surface area (Å²) < 4.78 is 10.7. The van der Waals surface area contributed by atoms with Gasteiger partial charge in [0, 0.05) is 24.8 Å². The summed E-state index contributed by atoms with van der Waals surface area (Å²) in [5, 5.41) is 0. The number of carbonyl (C=O) groups excluding carboxylic acids is 1. The van der Waals surface area contributed by atoms with Gasteiger partial charge < -0.3 is 14.4 Å². The Balaban J connectivity index is 2.44. The third kappa shape index (κ3) is 2.67. The topological polar surface area (TPSA) is 38.8 Å². The maximum Gasteiger partial charge on any atom is 0.338 e. The fourth-order valence-corrected chi connectivity index (χ4v) is 2.51. The van der Waals surface area contributed by atoms with E-state index in [0.29, 0.717) is 18.8 Å². The van der Waals surface area contributed by atoms with Gasteiger partial charge in [-0.05, 0) is 38.8 Å². The summed E-state index contributed by atoms with van der Waals surface area (Å²) in [5.41, 5.74) is 2.85. The highest BCUT2D eigenvalue weighted by molar-refractivity contribution is 5.94. The van der Waals surface area contributed by atoms with Crippen LogP contribution in [0.4, 0.5) is 5.69 Å². The fraction of sp³-hybridized carbons (Fsp3) is 0.533. The number of ether oxygens (including phenoxy) is 2. The molecule has 104 valence electrons. The number of esters is 1. The smallest absolute Gasteiger partial charge is 0.338 e. The standard InChI is InChI=1S/C15H21NO3/c1-4-16-8-7-12-13(15(17)19-6-3)9-11(18-5-2)10-14(12)16/h9-10H,4-8H2,1-3H3. The van der Waals surface area contributed by atoms with E-state index >= 15 is 0 Å². The normalized spacial score (nSPS) is 13.3. The average Bonchev–Trinajstić information content (AvgIpc) is 2.81. The largest absolute Gasteiger partial charge is 0.494 e. The van der Waals surface area contributed by atoms with E-state index in [1.54, 1.807) is 6.07 Å². The lowest BCUT2D eigenvalue weighted by Crippen LogP contribution is -2.19. The van der Waals surface area contributed by atoms with Crippen LogP contribution in [0.1, 0.15) is 36.7 Å². The van der Waals surface area contributed by atoms with Crippen molar-refractivity contribution in [2.75, 3.05) is 31.2 Å². The molecule has 0 atom stereocenters. The molecule has 0 fully saturated rings. The summed E-state index contributed by atoms with van der Waals surface area (Å²) in [7, 11) is 0. The monoisotopic (exact) mass is 263 g/mol. The van der Waals surface area contributed by atoms with Crippen molar-refractivity contribution in [2.24, 2.45) is 0 Å². The molecule has 1 aliphatic heterocycles. The van der Waals surface area contributed by atoms with Gasteiger partial charge in [-0.15, -0.1) is 0 Å². The zero-order chi connectivity index (χ0) is 13.8. The van der Waals surface area contributed by atoms with E-state index in [0.717, 1.165) is 36.5 Å². The maximum absolute atomic E-state index is 12.1. The Morgan fingerprint density at radius 1 is 1.26 bits per heavy atom. The Hall–Kier alpha value is -1.71. The van der Waals surface area contributed by atoms with Gasteiger partial charge in [0.2, 0.25) is 0 Å². The van der Waals surface area contributed by atoms with E-state index in [-0.39, 0.29) is 5.97 Å². The number of hydrogen-bond acceptors (Lipinski definition) is 4. The van der Waals surface area contributed by atoms with Crippen LogP contribution in [0, 0.1) is 0 Å². The Morgan fingerprint density at radius 3 is 2.68 bits per heavy atom. The van der Waals surface area contributed by atoms with Gasteiger partial charge >= 0.3 is 5.97 Å². The van der Waals surface area contributed by atoms with Crippen molar-refractivity contribution >= 4 is 11.7 Å². The van der Waals surface area contributed by atoms with Crippen LogP contribution in [0.2, 0.25) is 0 Å². The molecule has 1 aliphatic rings. The van der Waals surface area contributed by atoms with Crippen LogP contribution in [0.25, 0.3) is 0 Å². The molecule has 0 saturated heterocycles. The molecule has 0 radical (unpaired) electrons. The lowest BCUT2D eigenvalue weighted by Gasteiger charge is -2.18. The summed E-state index contributed by atoms with van der Waals surface area (Å²) >= 11 is 0. The molecule has 0 saturated carbocycles. The Bertz CT molecular complexity index is 471. The van der Waals surface area contributed by atoms with Crippen LogP contribution >= 0.6 is 0 Å². The molecule has 0 unspecified atom stereocenters. The zero-order valence-corrected chi connectivity index (χ0v) is 11.9. The molecule has 4 nitrogen and oxygen atoms in total. The molecular weight excluding hydrogens is 242 g/mol. The van der Waals surface area contributed by atoms with Gasteiger partial charge in [-0.25, -0.2) is 4.79 Å². The summed E-state index contributed by atoms with van der Waals surface area (Å²) in [4.78, 5) is 14.3. The molecule has 1 heterocycles. The van der Waals surface area contributed by atoms with Crippen LogP contribution in [0.3, 0.4) is 0 Å². The van der Waals surface area contributed by atoms with Crippen LogP contribution in [-0.2, 0) is 11.2 Å². The second kappa shape index (κ2) is 5.95. The summed E-state index contributed by atoms with van der Waals surface area (Å²) in [6, 6.07) is 3.83. The molecule has 0 aliphatic carbocycles. The van der Waals surface area contributed by atoms with Gasteiger partial charge in [0.05, 0.1) is 18.8 Å². The lowest BCUT2D eigenvalue weighted by atomic mass is 10.0. The van der Waals surface area contributed by atoms with Crippen molar-refractivity contribution in [3.8, 4) is 5.75 Å². The maximum atomic E-state index is 12.1. The van der Waals surface area contributed by atoms with E-state index in [1.807, 2.05) is 19.9 Å². The number of benzene rings is 1. The van der Waals surface area contributed by atoms with E-state index in [9.17, 15) is 4.79 Å². The van der Waals surface area contributed by atoms with Crippen molar-refractivity contribution in [2.45, 2.75) is 27.2 Å². The first kappa shape index (κ1) is 13.7. The van der Waals surface area contributed by atoms with Crippen LogP contribution < -0.4 is 9.64 Å². The molecule has 0 N–H and O–H groups in total. The number of hydrogen-bond donors (Lipinski definition) is 0. The molecule has 19 heavy (non-hydrogen) atoms. The highest BCUT2D eigenvalue weighted by Crippen LogP contribution is 2.35. The number of anilines is 1. The van der Waals surface area contributed by atoms with Gasteiger partial charge in [0.1, 0.15) is 5.75 Å². The minimum atomic E-state index is -0.252. The number of rotatable bonds is 5. The molecule has 4 heteroatoms. The third-order valence-electron chi connectivity index (χ3n) is 3.36. The number of likely N-dealkylation sites (N-methyl/N-ethyl adjacent to an activating group) is 1.